The number of hydrogen-bond acceptors (Lipinski definition) is 2. The summed E-state index contributed by atoms with van der Waals surface area (Å²) in [6.07, 6.45) is 2.84. The summed E-state index contributed by atoms with van der Waals surface area (Å²) in [5.41, 5.74) is 5.23. The van der Waals surface area contributed by atoms with Gasteiger partial charge in [0.1, 0.15) is 5.82 Å². The molecule has 0 bridgehead atoms. The van der Waals surface area contributed by atoms with Gasteiger partial charge in [0.2, 0.25) is 0 Å². The van der Waals surface area contributed by atoms with Gasteiger partial charge in [0.25, 0.3) is 0 Å². The van der Waals surface area contributed by atoms with E-state index in [2.05, 4.69) is 71.3 Å². The summed E-state index contributed by atoms with van der Waals surface area (Å²) in [7, 11) is 0. The second-order valence-electron chi connectivity index (χ2n) is 4.91. The fourth-order valence-electron chi connectivity index (χ4n) is 2.01. The Kier molecular flexibility index (Phi) is 4.59. The molecule has 100 valence electrons. The Balaban J connectivity index is 1.94. The molecule has 3 heteroatoms. The number of nitrogens with one attached hydrogen (secondary N) is 1. The zero-order chi connectivity index (χ0) is 13.8. The monoisotopic (exact) mass is 318 g/mol. The van der Waals surface area contributed by atoms with Gasteiger partial charge in [-0.3, -0.25) is 0 Å². The van der Waals surface area contributed by atoms with Crippen molar-refractivity contribution in [2.24, 2.45) is 0 Å². The number of nitrogens with zero attached hydrogens (tertiary/aromatic N) is 1. The van der Waals surface area contributed by atoms with Crippen LogP contribution < -0.4 is 5.32 Å². The maximum absolute atomic E-state index is 4.38. The molecule has 1 heterocycles. The Morgan fingerprint density at radius 1 is 1.05 bits per heavy atom. The molecule has 2 nitrogen and oxygen atoms in total. The average Bonchev–Trinajstić information content (AvgIpc) is 2.36. The minimum Gasteiger partial charge on any atom is -0.370 e. The van der Waals surface area contributed by atoms with E-state index in [1.54, 1.807) is 0 Å². The quantitative estimate of drug-likeness (QED) is 0.902. The Bertz CT molecular complexity index is 579. The van der Waals surface area contributed by atoms with Crippen molar-refractivity contribution in [2.45, 2.75) is 27.2 Å². The van der Waals surface area contributed by atoms with Crippen LogP contribution in [0.4, 0.5) is 5.82 Å². The van der Waals surface area contributed by atoms with Crippen LogP contribution >= 0.6 is 15.9 Å². The number of benzene rings is 1. The molecule has 0 aliphatic carbocycles. The van der Waals surface area contributed by atoms with Crippen LogP contribution in [-0.4, -0.2) is 11.5 Å². The second kappa shape index (κ2) is 6.20. The molecule has 1 aromatic carbocycles. The predicted molar refractivity (Wildman–Crippen MR) is 84.8 cm³/mol. The maximum atomic E-state index is 4.38. The van der Waals surface area contributed by atoms with Crippen molar-refractivity contribution >= 4 is 21.7 Å². The van der Waals surface area contributed by atoms with Crippen LogP contribution in [0.1, 0.15) is 22.3 Å². The third-order valence-corrected chi connectivity index (χ3v) is 3.76. The smallest absolute Gasteiger partial charge is 0.128 e. The SMILES string of the molecule is Cc1ccc(CCNc2ncc(Br)cc2C)cc1C. The topological polar surface area (TPSA) is 24.9 Å². The largest absolute Gasteiger partial charge is 0.370 e. The first-order chi connectivity index (χ1) is 9.06. The number of aromatic nitrogens is 1. The highest BCUT2D eigenvalue weighted by Crippen LogP contribution is 2.17. The van der Waals surface area contributed by atoms with E-state index >= 15 is 0 Å². The van der Waals surface area contributed by atoms with E-state index in [1.165, 1.54) is 16.7 Å². The Hall–Kier alpha value is -1.35. The number of hydrogen-bond donors (Lipinski definition) is 1. The van der Waals surface area contributed by atoms with Crippen LogP contribution in [0.15, 0.2) is 34.9 Å². The molecular weight excluding hydrogens is 300 g/mol. The highest BCUT2D eigenvalue weighted by Gasteiger charge is 2.01. The van der Waals surface area contributed by atoms with Crippen molar-refractivity contribution in [2.75, 3.05) is 11.9 Å². The van der Waals surface area contributed by atoms with Gasteiger partial charge in [-0.15, -0.1) is 0 Å². The molecule has 0 unspecified atom stereocenters. The van der Waals surface area contributed by atoms with E-state index in [0.29, 0.717) is 0 Å². The fourth-order valence-corrected chi connectivity index (χ4v) is 2.46. The van der Waals surface area contributed by atoms with E-state index in [1.807, 2.05) is 6.20 Å². The third-order valence-electron chi connectivity index (χ3n) is 3.32. The van der Waals surface area contributed by atoms with Crippen LogP contribution in [0, 0.1) is 20.8 Å². The van der Waals surface area contributed by atoms with E-state index in [-0.39, 0.29) is 0 Å². The summed E-state index contributed by atoms with van der Waals surface area (Å²) >= 11 is 3.43. The number of anilines is 1. The molecule has 1 aromatic heterocycles. The Morgan fingerprint density at radius 2 is 1.84 bits per heavy atom. The van der Waals surface area contributed by atoms with Crippen LogP contribution in [0.25, 0.3) is 0 Å². The summed E-state index contributed by atoms with van der Waals surface area (Å²) < 4.78 is 1.02. The molecule has 0 atom stereocenters. The van der Waals surface area contributed by atoms with Gasteiger partial charge in [-0.25, -0.2) is 4.98 Å². The van der Waals surface area contributed by atoms with Gasteiger partial charge < -0.3 is 5.32 Å². The van der Waals surface area contributed by atoms with Gasteiger partial charge in [0.15, 0.2) is 0 Å². The molecule has 19 heavy (non-hydrogen) atoms. The first-order valence-electron chi connectivity index (χ1n) is 6.48. The molecule has 0 spiro atoms. The lowest BCUT2D eigenvalue weighted by Gasteiger charge is -2.09. The molecule has 1 N–H and O–H groups in total. The average molecular weight is 319 g/mol. The van der Waals surface area contributed by atoms with Gasteiger partial charge >= 0.3 is 0 Å². The van der Waals surface area contributed by atoms with Gasteiger partial charge in [-0.05, 0) is 71.4 Å². The van der Waals surface area contributed by atoms with Gasteiger partial charge in [0, 0.05) is 17.2 Å². The Morgan fingerprint density at radius 3 is 2.53 bits per heavy atom. The molecule has 0 radical (unpaired) electrons. The molecule has 0 aliphatic heterocycles. The molecule has 0 saturated carbocycles. The van der Waals surface area contributed by atoms with Crippen LogP contribution in [0.3, 0.4) is 0 Å². The maximum Gasteiger partial charge on any atom is 0.128 e. The lowest BCUT2D eigenvalue weighted by atomic mass is 10.0. The molecular formula is C16H19BrN2. The molecule has 0 aliphatic rings. The summed E-state index contributed by atoms with van der Waals surface area (Å²) in [5.74, 6) is 0.965. The van der Waals surface area contributed by atoms with Crippen molar-refractivity contribution in [1.82, 2.24) is 4.98 Å². The normalized spacial score (nSPS) is 10.5. The van der Waals surface area contributed by atoms with Crippen molar-refractivity contribution in [3.8, 4) is 0 Å². The van der Waals surface area contributed by atoms with Gasteiger partial charge in [0.05, 0.1) is 0 Å². The van der Waals surface area contributed by atoms with Crippen LogP contribution in [-0.2, 0) is 6.42 Å². The second-order valence-corrected chi connectivity index (χ2v) is 5.83. The van der Waals surface area contributed by atoms with Gasteiger partial charge in [-0.2, -0.15) is 0 Å². The molecule has 2 aromatic rings. The highest BCUT2D eigenvalue weighted by molar-refractivity contribution is 9.10. The zero-order valence-electron chi connectivity index (χ0n) is 11.6. The van der Waals surface area contributed by atoms with Crippen LogP contribution in [0.5, 0.6) is 0 Å². The van der Waals surface area contributed by atoms with Crippen LogP contribution in [0.2, 0.25) is 0 Å². The number of rotatable bonds is 4. The minimum absolute atomic E-state index is 0.901. The lowest BCUT2D eigenvalue weighted by molar-refractivity contribution is 0.996. The van der Waals surface area contributed by atoms with E-state index in [9.17, 15) is 0 Å². The standard InChI is InChI=1S/C16H19BrN2/c1-11-4-5-14(8-12(11)2)6-7-18-16-13(3)9-15(17)10-19-16/h4-5,8-10H,6-7H2,1-3H3,(H,18,19). The summed E-state index contributed by atoms with van der Waals surface area (Å²) in [4.78, 5) is 4.38. The molecule has 0 amide bonds. The first-order valence-corrected chi connectivity index (χ1v) is 7.27. The van der Waals surface area contributed by atoms with Crippen molar-refractivity contribution in [1.29, 1.82) is 0 Å². The van der Waals surface area contributed by atoms with E-state index < -0.39 is 0 Å². The highest BCUT2D eigenvalue weighted by atomic mass is 79.9. The third kappa shape index (κ3) is 3.80. The predicted octanol–water partition coefficient (Wildman–Crippen LogP) is 4.42. The van der Waals surface area contributed by atoms with E-state index in [4.69, 9.17) is 0 Å². The zero-order valence-corrected chi connectivity index (χ0v) is 13.2. The lowest BCUT2D eigenvalue weighted by Crippen LogP contribution is -2.07. The summed E-state index contributed by atoms with van der Waals surface area (Å²) in [5, 5.41) is 3.39. The van der Waals surface area contributed by atoms with Crippen molar-refractivity contribution in [3.05, 3.63) is 57.2 Å². The minimum atomic E-state index is 0.901. The number of halogens is 1. The number of aryl methyl sites for hydroxylation is 3. The van der Waals surface area contributed by atoms with Gasteiger partial charge in [-0.1, -0.05) is 18.2 Å². The number of pyridine rings is 1. The summed E-state index contributed by atoms with van der Waals surface area (Å²) in [6, 6.07) is 8.73. The molecule has 0 fully saturated rings. The molecule has 2 rings (SSSR count). The Labute approximate surface area is 123 Å². The molecule has 0 saturated heterocycles. The van der Waals surface area contributed by atoms with Crippen molar-refractivity contribution < 1.29 is 0 Å². The summed E-state index contributed by atoms with van der Waals surface area (Å²) in [6.45, 7) is 7.27. The van der Waals surface area contributed by atoms with E-state index in [0.717, 1.165) is 28.8 Å². The fraction of sp³-hybridized carbons (Fsp3) is 0.312. The van der Waals surface area contributed by atoms with Crippen molar-refractivity contribution in [3.63, 3.8) is 0 Å². The first kappa shape index (κ1) is 14.1.